The Morgan fingerprint density at radius 1 is 1.26 bits per heavy atom. The van der Waals surface area contributed by atoms with Crippen molar-refractivity contribution in [2.24, 2.45) is 0 Å². The lowest BCUT2D eigenvalue weighted by Gasteiger charge is -2.36. The van der Waals surface area contributed by atoms with Gasteiger partial charge in [0, 0.05) is 55.5 Å². The number of hydrogen-bond donors (Lipinski definition) is 1. The average molecular weight is 391 g/mol. The lowest BCUT2D eigenvalue weighted by atomic mass is 9.92. The van der Waals surface area contributed by atoms with E-state index in [4.69, 9.17) is 11.6 Å². The van der Waals surface area contributed by atoms with Crippen LogP contribution < -0.4 is 5.32 Å². The van der Waals surface area contributed by atoms with Crippen molar-refractivity contribution in [3.8, 4) is 0 Å². The first-order chi connectivity index (χ1) is 12.9. The molecule has 2 aromatic rings. The summed E-state index contributed by atoms with van der Waals surface area (Å²) in [4.78, 5) is 22.7. The lowest BCUT2D eigenvalue weighted by molar-refractivity contribution is 0.0434. The first kappa shape index (κ1) is 19.7. The number of rotatable bonds is 5. The van der Waals surface area contributed by atoms with Crippen LogP contribution >= 0.6 is 11.6 Å². The molecule has 0 radical (unpaired) electrons. The van der Waals surface area contributed by atoms with Crippen LogP contribution in [0.4, 0.5) is 4.39 Å². The van der Waals surface area contributed by atoms with Gasteiger partial charge in [0.1, 0.15) is 11.5 Å². The van der Waals surface area contributed by atoms with E-state index in [9.17, 15) is 4.79 Å². The maximum Gasteiger partial charge on any atom is 0.253 e. The van der Waals surface area contributed by atoms with Crippen LogP contribution in [0.5, 0.6) is 0 Å². The van der Waals surface area contributed by atoms with Crippen molar-refractivity contribution < 1.29 is 9.18 Å². The molecule has 0 saturated carbocycles. The minimum Gasteiger partial charge on any atom is -0.338 e. The number of carbonyl (C=O) groups is 1. The number of benzene rings is 1. The van der Waals surface area contributed by atoms with Gasteiger partial charge in [-0.05, 0) is 37.1 Å². The summed E-state index contributed by atoms with van der Waals surface area (Å²) in [5, 5.41) is 3.67. The number of likely N-dealkylation sites (tertiary alicyclic amines) is 1. The Labute approximate surface area is 164 Å². The van der Waals surface area contributed by atoms with Gasteiger partial charge in [-0.3, -0.25) is 4.79 Å². The lowest BCUT2D eigenvalue weighted by Crippen LogP contribution is -2.48. The fourth-order valence-electron chi connectivity index (χ4n) is 3.10. The smallest absolute Gasteiger partial charge is 0.253 e. The Hall–Kier alpha value is -2.05. The molecular formula is C20H24ClFN4O. The van der Waals surface area contributed by atoms with E-state index in [1.165, 1.54) is 0 Å². The van der Waals surface area contributed by atoms with E-state index in [-0.39, 0.29) is 12.5 Å². The molecule has 1 aliphatic rings. The van der Waals surface area contributed by atoms with Crippen LogP contribution in [0.1, 0.15) is 40.2 Å². The van der Waals surface area contributed by atoms with Crippen molar-refractivity contribution in [1.82, 2.24) is 20.2 Å². The van der Waals surface area contributed by atoms with Crippen LogP contribution in [-0.4, -0.2) is 46.1 Å². The summed E-state index contributed by atoms with van der Waals surface area (Å²) in [5.74, 6) is 0.549. The summed E-state index contributed by atoms with van der Waals surface area (Å²) in [5.41, 5.74) is 1.14. The van der Waals surface area contributed by atoms with Crippen molar-refractivity contribution in [3.63, 3.8) is 0 Å². The molecule has 1 aromatic carbocycles. The number of amides is 1. The molecule has 0 aliphatic carbocycles. The molecule has 7 heteroatoms. The third-order valence-corrected chi connectivity index (χ3v) is 5.33. The first-order valence-corrected chi connectivity index (χ1v) is 9.47. The summed E-state index contributed by atoms with van der Waals surface area (Å²) in [7, 11) is 0. The van der Waals surface area contributed by atoms with Crippen LogP contribution in [-0.2, 0) is 6.54 Å². The molecule has 1 saturated heterocycles. The summed E-state index contributed by atoms with van der Waals surface area (Å²) < 4.78 is 15.0. The number of hydrogen-bond acceptors (Lipinski definition) is 4. The normalized spacial score (nSPS) is 16.4. The maximum absolute atomic E-state index is 15.0. The largest absolute Gasteiger partial charge is 0.338 e. The summed E-state index contributed by atoms with van der Waals surface area (Å²) in [6, 6.07) is 5.28. The molecule has 1 aliphatic heterocycles. The zero-order valence-corrected chi connectivity index (χ0v) is 16.4. The molecule has 0 bridgehead atoms. The van der Waals surface area contributed by atoms with E-state index < -0.39 is 5.67 Å². The Morgan fingerprint density at radius 3 is 2.56 bits per heavy atom. The van der Waals surface area contributed by atoms with Crippen molar-refractivity contribution in [2.75, 3.05) is 19.6 Å². The Balaban J connectivity index is 1.50. The highest BCUT2D eigenvalue weighted by Crippen LogP contribution is 2.27. The number of nitrogens with one attached hydrogen (secondary N) is 1. The topological polar surface area (TPSA) is 58.1 Å². The predicted octanol–water partition coefficient (Wildman–Crippen LogP) is 3.48. The average Bonchev–Trinajstić information content (AvgIpc) is 2.66. The van der Waals surface area contributed by atoms with Crippen molar-refractivity contribution in [1.29, 1.82) is 0 Å². The van der Waals surface area contributed by atoms with Gasteiger partial charge < -0.3 is 10.2 Å². The van der Waals surface area contributed by atoms with Gasteiger partial charge in [-0.15, -0.1) is 0 Å². The highest BCUT2D eigenvalue weighted by atomic mass is 35.5. The summed E-state index contributed by atoms with van der Waals surface area (Å²) >= 11 is 6.11. The fraction of sp³-hybridized carbons (Fsp3) is 0.450. The molecule has 1 aromatic heterocycles. The molecule has 0 spiro atoms. The van der Waals surface area contributed by atoms with Gasteiger partial charge in [-0.1, -0.05) is 17.7 Å². The number of halogens is 2. The third-order valence-electron chi connectivity index (χ3n) is 4.92. The van der Waals surface area contributed by atoms with E-state index in [0.717, 1.165) is 11.1 Å². The standard InChI is InChI=1S/C20H24ClFN4O/c1-14-10-24-18(25-11-14)12-23-13-20(22)5-7-26(8-6-20)19(27)16-4-3-15(2)17(21)9-16/h3-4,9-11,23H,5-8,12-13H2,1-2H3. The van der Waals surface area contributed by atoms with Gasteiger partial charge in [0.15, 0.2) is 0 Å². The molecule has 0 atom stereocenters. The zero-order chi connectivity index (χ0) is 19.4. The highest BCUT2D eigenvalue weighted by Gasteiger charge is 2.35. The second kappa shape index (κ2) is 8.31. The van der Waals surface area contributed by atoms with E-state index in [0.29, 0.717) is 48.9 Å². The van der Waals surface area contributed by atoms with Gasteiger partial charge >= 0.3 is 0 Å². The molecule has 0 unspecified atom stereocenters. The Bertz CT molecular complexity index is 804. The van der Waals surface area contributed by atoms with Gasteiger partial charge in [0.2, 0.25) is 0 Å². The Kier molecular flexibility index (Phi) is 6.07. The van der Waals surface area contributed by atoms with Crippen LogP contribution in [0.3, 0.4) is 0 Å². The molecule has 5 nitrogen and oxygen atoms in total. The summed E-state index contributed by atoms with van der Waals surface area (Å²) in [6.45, 7) is 5.25. The molecule has 144 valence electrons. The van der Waals surface area contributed by atoms with Crippen LogP contribution in [0.2, 0.25) is 5.02 Å². The number of alkyl halides is 1. The number of aryl methyl sites for hydroxylation is 2. The second-order valence-corrected chi connectivity index (χ2v) is 7.59. The van der Waals surface area contributed by atoms with Crippen LogP contribution in [0.25, 0.3) is 0 Å². The fourth-order valence-corrected chi connectivity index (χ4v) is 3.29. The number of nitrogens with zero attached hydrogens (tertiary/aromatic N) is 3. The van der Waals surface area contributed by atoms with Gasteiger partial charge in [-0.2, -0.15) is 0 Å². The van der Waals surface area contributed by atoms with Crippen LogP contribution in [0, 0.1) is 13.8 Å². The molecular weight excluding hydrogens is 367 g/mol. The van der Waals surface area contributed by atoms with Crippen molar-refractivity contribution >= 4 is 17.5 Å². The number of aromatic nitrogens is 2. The van der Waals surface area contributed by atoms with Gasteiger partial charge in [-0.25, -0.2) is 14.4 Å². The maximum atomic E-state index is 15.0. The minimum absolute atomic E-state index is 0.0973. The monoisotopic (exact) mass is 390 g/mol. The number of carbonyl (C=O) groups excluding carboxylic acids is 1. The summed E-state index contributed by atoms with van der Waals surface area (Å²) in [6.07, 6.45) is 4.10. The first-order valence-electron chi connectivity index (χ1n) is 9.09. The second-order valence-electron chi connectivity index (χ2n) is 7.19. The number of piperidine rings is 1. The third kappa shape index (κ3) is 5.02. The molecule has 1 N–H and O–H groups in total. The molecule has 1 fully saturated rings. The molecule has 3 rings (SSSR count). The van der Waals surface area contributed by atoms with Crippen LogP contribution in [0.15, 0.2) is 30.6 Å². The molecule has 27 heavy (non-hydrogen) atoms. The quantitative estimate of drug-likeness (QED) is 0.849. The Morgan fingerprint density at radius 2 is 1.93 bits per heavy atom. The van der Waals surface area contributed by atoms with E-state index in [1.54, 1.807) is 29.4 Å². The van der Waals surface area contributed by atoms with E-state index >= 15 is 4.39 Å². The predicted molar refractivity (Wildman–Crippen MR) is 104 cm³/mol. The van der Waals surface area contributed by atoms with Gasteiger partial charge in [0.25, 0.3) is 5.91 Å². The van der Waals surface area contributed by atoms with Crippen molar-refractivity contribution in [2.45, 2.75) is 38.9 Å². The zero-order valence-electron chi connectivity index (χ0n) is 15.6. The van der Waals surface area contributed by atoms with Crippen molar-refractivity contribution in [3.05, 3.63) is 58.1 Å². The highest BCUT2D eigenvalue weighted by molar-refractivity contribution is 6.31. The minimum atomic E-state index is -1.33. The van der Waals surface area contributed by atoms with Gasteiger partial charge in [0.05, 0.1) is 6.54 Å². The van der Waals surface area contributed by atoms with E-state index in [1.807, 2.05) is 19.9 Å². The molecule has 1 amide bonds. The SMILES string of the molecule is Cc1cnc(CNCC2(F)CCN(C(=O)c3ccc(C)c(Cl)c3)CC2)nc1. The molecule has 2 heterocycles. The van der Waals surface area contributed by atoms with E-state index in [2.05, 4.69) is 15.3 Å².